The molecule has 0 saturated carbocycles. The number of carboxylic acid groups (broad SMARTS) is 1. The van der Waals surface area contributed by atoms with Crippen LogP contribution in [0.2, 0.25) is 0 Å². The van der Waals surface area contributed by atoms with Crippen LogP contribution in [0, 0.1) is 0 Å². The van der Waals surface area contributed by atoms with E-state index < -0.39 is 6.09 Å². The van der Waals surface area contributed by atoms with Crippen molar-refractivity contribution < 1.29 is 9.90 Å². The van der Waals surface area contributed by atoms with Gasteiger partial charge in [-0.3, -0.25) is 0 Å². The van der Waals surface area contributed by atoms with Gasteiger partial charge in [-0.15, -0.1) is 0 Å². The van der Waals surface area contributed by atoms with Crippen molar-refractivity contribution >= 4 is 18.7 Å². The summed E-state index contributed by atoms with van der Waals surface area (Å²) in [4.78, 5) is 10.1. The highest BCUT2D eigenvalue weighted by Crippen LogP contribution is 2.05. The molecule has 0 spiro atoms. The number of thiol groups is 1. The first-order valence-electron chi connectivity index (χ1n) is 4.85. The van der Waals surface area contributed by atoms with Crippen molar-refractivity contribution in [1.82, 2.24) is 5.32 Å². The first-order valence-corrected chi connectivity index (χ1v) is 5.48. The van der Waals surface area contributed by atoms with Gasteiger partial charge < -0.3 is 10.4 Å². The molecule has 2 N–H and O–H groups in total. The Balaban J connectivity index is 2.87. The quantitative estimate of drug-likeness (QED) is 0.421. The molecular formula is C9H19NO2S. The average Bonchev–Trinajstić information content (AvgIpc) is 2.09. The summed E-state index contributed by atoms with van der Waals surface area (Å²) in [6.45, 7) is 0.585. The molecule has 0 heterocycles. The van der Waals surface area contributed by atoms with Gasteiger partial charge in [-0.05, 0) is 18.6 Å². The van der Waals surface area contributed by atoms with E-state index in [0.29, 0.717) is 6.54 Å². The van der Waals surface area contributed by atoms with Gasteiger partial charge in [0.25, 0.3) is 0 Å². The zero-order chi connectivity index (χ0) is 9.94. The maximum absolute atomic E-state index is 10.1. The zero-order valence-corrected chi connectivity index (χ0v) is 8.85. The summed E-state index contributed by atoms with van der Waals surface area (Å²) in [5.74, 6) is 0.973. The normalized spacial score (nSPS) is 9.92. The minimum absolute atomic E-state index is 0.585. The van der Waals surface area contributed by atoms with Crippen LogP contribution in [-0.4, -0.2) is 23.5 Å². The molecular weight excluding hydrogens is 186 g/mol. The third-order valence-electron chi connectivity index (χ3n) is 1.86. The second-order valence-electron chi connectivity index (χ2n) is 3.08. The fourth-order valence-electron chi connectivity index (χ4n) is 1.14. The van der Waals surface area contributed by atoms with Crippen LogP contribution in [0.1, 0.15) is 38.5 Å². The van der Waals surface area contributed by atoms with Crippen LogP contribution in [0.3, 0.4) is 0 Å². The lowest BCUT2D eigenvalue weighted by Crippen LogP contribution is -2.21. The third-order valence-corrected chi connectivity index (χ3v) is 2.18. The van der Waals surface area contributed by atoms with Crippen molar-refractivity contribution in [3.63, 3.8) is 0 Å². The molecule has 0 fully saturated rings. The monoisotopic (exact) mass is 205 g/mol. The summed E-state index contributed by atoms with van der Waals surface area (Å²) in [6.07, 6.45) is 6.03. The van der Waals surface area contributed by atoms with Crippen molar-refractivity contribution in [3.05, 3.63) is 0 Å². The molecule has 0 aliphatic carbocycles. The van der Waals surface area contributed by atoms with Crippen LogP contribution in [0.25, 0.3) is 0 Å². The number of nitrogens with one attached hydrogen (secondary N) is 1. The molecule has 3 nitrogen and oxygen atoms in total. The van der Waals surface area contributed by atoms with Crippen molar-refractivity contribution in [3.8, 4) is 0 Å². The molecule has 13 heavy (non-hydrogen) atoms. The van der Waals surface area contributed by atoms with E-state index in [2.05, 4.69) is 17.9 Å². The van der Waals surface area contributed by atoms with Gasteiger partial charge in [-0.1, -0.05) is 25.7 Å². The maximum Gasteiger partial charge on any atom is 0.404 e. The van der Waals surface area contributed by atoms with Gasteiger partial charge in [-0.25, -0.2) is 4.79 Å². The zero-order valence-electron chi connectivity index (χ0n) is 7.96. The molecule has 78 valence electrons. The molecule has 0 aliphatic heterocycles. The second kappa shape index (κ2) is 9.71. The number of carbonyl (C=O) groups is 1. The van der Waals surface area contributed by atoms with E-state index >= 15 is 0 Å². The summed E-state index contributed by atoms with van der Waals surface area (Å²) in [7, 11) is 0. The lowest BCUT2D eigenvalue weighted by molar-refractivity contribution is 0.194. The highest BCUT2D eigenvalue weighted by molar-refractivity contribution is 7.80. The standard InChI is InChI=1S/C9H19NO2S/c11-9(12)10-7-5-3-1-2-4-6-8-13/h10,13H,1-8H2,(H,11,12). The Morgan fingerprint density at radius 2 is 1.62 bits per heavy atom. The molecule has 0 saturated heterocycles. The van der Waals surface area contributed by atoms with Crippen LogP contribution in [-0.2, 0) is 0 Å². The number of hydrogen-bond acceptors (Lipinski definition) is 2. The molecule has 0 radical (unpaired) electrons. The minimum Gasteiger partial charge on any atom is -0.465 e. The summed E-state index contributed by atoms with van der Waals surface area (Å²) >= 11 is 4.13. The molecule has 0 unspecified atom stereocenters. The van der Waals surface area contributed by atoms with Crippen molar-refractivity contribution in [2.24, 2.45) is 0 Å². The highest BCUT2D eigenvalue weighted by Gasteiger charge is 1.93. The van der Waals surface area contributed by atoms with Gasteiger partial charge in [0, 0.05) is 6.54 Å². The number of unbranched alkanes of at least 4 members (excludes halogenated alkanes) is 5. The lowest BCUT2D eigenvalue weighted by Gasteiger charge is -2.01. The van der Waals surface area contributed by atoms with Gasteiger partial charge in [0.05, 0.1) is 0 Å². The molecule has 4 heteroatoms. The first-order chi connectivity index (χ1) is 6.27. The molecule has 1 amide bonds. The number of amides is 1. The van der Waals surface area contributed by atoms with Crippen LogP contribution in [0.4, 0.5) is 4.79 Å². The maximum atomic E-state index is 10.1. The Labute approximate surface area is 85.3 Å². The third kappa shape index (κ3) is 11.6. The number of rotatable bonds is 8. The predicted octanol–water partition coefficient (Wildman–Crippen LogP) is 2.52. The van der Waals surface area contributed by atoms with Gasteiger partial charge in [0.2, 0.25) is 0 Å². The SMILES string of the molecule is O=C(O)NCCCCCCCCS. The molecule has 0 rings (SSSR count). The summed E-state index contributed by atoms with van der Waals surface area (Å²) in [6, 6.07) is 0. The Bertz CT molecular complexity index is 131. The smallest absolute Gasteiger partial charge is 0.404 e. The van der Waals surface area contributed by atoms with Gasteiger partial charge in [0.1, 0.15) is 0 Å². The molecule has 0 bridgehead atoms. The Morgan fingerprint density at radius 1 is 1.08 bits per heavy atom. The molecule has 0 aliphatic rings. The summed E-state index contributed by atoms with van der Waals surface area (Å²) < 4.78 is 0. The van der Waals surface area contributed by atoms with E-state index in [4.69, 9.17) is 5.11 Å². The van der Waals surface area contributed by atoms with Crippen LogP contribution >= 0.6 is 12.6 Å². The van der Waals surface area contributed by atoms with Crippen molar-refractivity contribution in [2.45, 2.75) is 38.5 Å². The van der Waals surface area contributed by atoms with Gasteiger partial charge in [-0.2, -0.15) is 12.6 Å². The fourth-order valence-corrected chi connectivity index (χ4v) is 1.36. The fraction of sp³-hybridized carbons (Fsp3) is 0.889. The predicted molar refractivity (Wildman–Crippen MR) is 57.6 cm³/mol. The average molecular weight is 205 g/mol. The second-order valence-corrected chi connectivity index (χ2v) is 3.52. The summed E-state index contributed by atoms with van der Waals surface area (Å²) in [5.41, 5.74) is 0. The highest BCUT2D eigenvalue weighted by atomic mass is 32.1. The minimum atomic E-state index is -0.921. The largest absolute Gasteiger partial charge is 0.465 e. The Hall–Kier alpha value is -0.380. The molecule has 0 aromatic carbocycles. The molecule has 0 aromatic heterocycles. The topological polar surface area (TPSA) is 49.3 Å². The van der Waals surface area contributed by atoms with Gasteiger partial charge >= 0.3 is 6.09 Å². The van der Waals surface area contributed by atoms with Crippen LogP contribution in [0.15, 0.2) is 0 Å². The van der Waals surface area contributed by atoms with E-state index in [1.165, 1.54) is 25.7 Å². The lowest BCUT2D eigenvalue weighted by atomic mass is 10.1. The Morgan fingerprint density at radius 3 is 2.15 bits per heavy atom. The number of hydrogen-bond donors (Lipinski definition) is 3. The van der Waals surface area contributed by atoms with Crippen LogP contribution in [0.5, 0.6) is 0 Å². The van der Waals surface area contributed by atoms with Crippen molar-refractivity contribution in [1.29, 1.82) is 0 Å². The van der Waals surface area contributed by atoms with E-state index in [9.17, 15) is 4.79 Å². The molecule has 0 atom stereocenters. The Kier molecular flexibility index (Phi) is 9.42. The van der Waals surface area contributed by atoms with Crippen molar-refractivity contribution in [2.75, 3.05) is 12.3 Å². The summed E-state index contributed by atoms with van der Waals surface area (Å²) in [5, 5.41) is 10.6. The van der Waals surface area contributed by atoms with E-state index in [1.807, 2.05) is 0 Å². The van der Waals surface area contributed by atoms with E-state index in [-0.39, 0.29) is 0 Å². The first kappa shape index (κ1) is 12.6. The van der Waals surface area contributed by atoms with E-state index in [0.717, 1.165) is 18.6 Å². The van der Waals surface area contributed by atoms with Gasteiger partial charge in [0.15, 0.2) is 0 Å². The molecule has 0 aromatic rings. The van der Waals surface area contributed by atoms with E-state index in [1.54, 1.807) is 0 Å². The van der Waals surface area contributed by atoms with Crippen LogP contribution < -0.4 is 5.32 Å².